The van der Waals surface area contributed by atoms with Crippen molar-refractivity contribution < 1.29 is 18.3 Å². The summed E-state index contributed by atoms with van der Waals surface area (Å²) in [7, 11) is 0. The van der Waals surface area contributed by atoms with E-state index in [1.165, 1.54) is 4.90 Å². The van der Waals surface area contributed by atoms with E-state index in [-0.39, 0.29) is 0 Å². The second-order valence-electron chi connectivity index (χ2n) is 5.26. The Hall–Kier alpha value is -0.790. The lowest BCUT2D eigenvalue weighted by molar-refractivity contribution is -0.146. The fourth-order valence-electron chi connectivity index (χ4n) is 2.54. The molecule has 21 heavy (non-hydrogen) atoms. The van der Waals surface area contributed by atoms with Gasteiger partial charge in [0.2, 0.25) is 0 Å². The Labute approximate surface area is 130 Å². The van der Waals surface area contributed by atoms with Crippen molar-refractivity contribution in [2.75, 3.05) is 37.6 Å². The van der Waals surface area contributed by atoms with Crippen LogP contribution in [0.2, 0.25) is 0 Å². The van der Waals surface area contributed by atoms with Gasteiger partial charge in [0.05, 0.1) is 12.6 Å². The van der Waals surface area contributed by atoms with E-state index in [2.05, 4.69) is 15.9 Å². The number of hydrogen-bond donors (Lipinski definition) is 1. The molecule has 1 aromatic rings. The Bertz CT molecular complexity index is 486. The number of alkyl halides is 3. The third-order valence-electron chi connectivity index (χ3n) is 3.56. The summed E-state index contributed by atoms with van der Waals surface area (Å²) in [5.74, 6) is 0. The van der Waals surface area contributed by atoms with Crippen molar-refractivity contribution >= 4 is 21.6 Å². The number of nitrogens with zero attached hydrogens (tertiary/aromatic N) is 2. The molecule has 1 N–H and O–H groups in total. The third kappa shape index (κ3) is 4.59. The third-order valence-corrected chi connectivity index (χ3v) is 4.05. The summed E-state index contributed by atoms with van der Waals surface area (Å²) in [6.45, 7) is 2.60. The van der Waals surface area contributed by atoms with Gasteiger partial charge in [0, 0.05) is 41.9 Å². The number of aliphatic hydroxyl groups excluding tert-OH is 1. The first-order chi connectivity index (χ1) is 9.76. The molecule has 0 aromatic heterocycles. The van der Waals surface area contributed by atoms with Crippen LogP contribution < -0.4 is 4.90 Å². The highest BCUT2D eigenvalue weighted by Gasteiger charge is 2.32. The van der Waals surface area contributed by atoms with Crippen molar-refractivity contribution in [2.45, 2.75) is 19.2 Å². The van der Waals surface area contributed by atoms with Gasteiger partial charge < -0.3 is 10.0 Å². The summed E-state index contributed by atoms with van der Waals surface area (Å²) in [6, 6.07) is 5.60. The zero-order valence-electron chi connectivity index (χ0n) is 11.7. The van der Waals surface area contributed by atoms with Crippen LogP contribution in [0.25, 0.3) is 0 Å². The molecule has 7 heteroatoms. The molecule has 0 saturated carbocycles. The number of piperazine rings is 1. The van der Waals surface area contributed by atoms with Crippen molar-refractivity contribution in [3.63, 3.8) is 0 Å². The van der Waals surface area contributed by atoms with Crippen LogP contribution in [-0.4, -0.2) is 48.9 Å². The average Bonchev–Trinajstić information content (AvgIpc) is 2.37. The number of anilines is 1. The van der Waals surface area contributed by atoms with Crippen molar-refractivity contribution in [1.29, 1.82) is 0 Å². The van der Waals surface area contributed by atoms with Crippen molar-refractivity contribution in [3.05, 3.63) is 28.2 Å². The molecule has 0 radical (unpaired) electrons. The zero-order chi connectivity index (χ0) is 15.6. The van der Waals surface area contributed by atoms with Crippen LogP contribution in [0, 0.1) is 0 Å². The first-order valence-corrected chi connectivity index (χ1v) is 7.57. The minimum Gasteiger partial charge on any atom is -0.389 e. The average molecular weight is 367 g/mol. The number of benzene rings is 1. The molecule has 1 aromatic carbocycles. The maximum Gasteiger partial charge on any atom is 0.401 e. The number of hydrogen-bond acceptors (Lipinski definition) is 3. The molecule has 1 saturated heterocycles. The maximum atomic E-state index is 12.4. The maximum absolute atomic E-state index is 12.4. The second-order valence-corrected chi connectivity index (χ2v) is 6.17. The van der Waals surface area contributed by atoms with Gasteiger partial charge in [-0.15, -0.1) is 0 Å². The van der Waals surface area contributed by atoms with Gasteiger partial charge in [-0.3, -0.25) is 4.90 Å². The summed E-state index contributed by atoms with van der Waals surface area (Å²) in [6.07, 6.45) is -4.76. The van der Waals surface area contributed by atoms with Crippen LogP contribution in [0.1, 0.15) is 18.6 Å². The molecular formula is C14H18BrF3N2O. The van der Waals surface area contributed by atoms with Gasteiger partial charge >= 0.3 is 6.18 Å². The van der Waals surface area contributed by atoms with Gasteiger partial charge in [0.15, 0.2) is 0 Å². The Balaban J connectivity index is 2.07. The Kier molecular flexibility index (Phi) is 5.16. The molecule has 0 spiro atoms. The molecule has 118 valence electrons. The van der Waals surface area contributed by atoms with E-state index in [0.29, 0.717) is 26.2 Å². The van der Waals surface area contributed by atoms with Crippen molar-refractivity contribution in [1.82, 2.24) is 4.90 Å². The molecule has 1 heterocycles. The number of halogens is 4. The molecule has 1 atom stereocenters. The van der Waals surface area contributed by atoms with Crippen LogP contribution >= 0.6 is 15.9 Å². The minimum atomic E-state index is -4.15. The molecule has 3 nitrogen and oxygen atoms in total. The van der Waals surface area contributed by atoms with Gasteiger partial charge in [-0.25, -0.2) is 0 Å². The zero-order valence-corrected chi connectivity index (χ0v) is 13.3. The summed E-state index contributed by atoms with van der Waals surface area (Å²) in [5, 5.41) is 9.83. The van der Waals surface area contributed by atoms with E-state index < -0.39 is 18.8 Å². The molecule has 0 amide bonds. The summed E-state index contributed by atoms with van der Waals surface area (Å²) < 4.78 is 38.1. The van der Waals surface area contributed by atoms with Gasteiger partial charge in [-0.2, -0.15) is 13.2 Å². The van der Waals surface area contributed by atoms with Crippen molar-refractivity contribution in [3.8, 4) is 0 Å². The summed E-state index contributed by atoms with van der Waals surface area (Å²) in [4.78, 5) is 3.44. The predicted octanol–water partition coefficient (Wildman–Crippen LogP) is 3.19. The molecular weight excluding hydrogens is 349 g/mol. The normalized spacial score (nSPS) is 18.9. The second kappa shape index (κ2) is 6.54. The lowest BCUT2D eigenvalue weighted by atomic mass is 10.1. The Morgan fingerprint density at radius 1 is 1.24 bits per heavy atom. The van der Waals surface area contributed by atoms with Crippen molar-refractivity contribution in [2.24, 2.45) is 0 Å². The van der Waals surface area contributed by atoms with E-state index in [1.54, 1.807) is 6.92 Å². The van der Waals surface area contributed by atoms with Crippen LogP contribution in [-0.2, 0) is 0 Å². The summed E-state index contributed by atoms with van der Waals surface area (Å²) in [5.41, 5.74) is 1.67. The predicted molar refractivity (Wildman–Crippen MR) is 79.5 cm³/mol. The topological polar surface area (TPSA) is 26.7 Å². The smallest absolute Gasteiger partial charge is 0.389 e. The van der Waals surface area contributed by atoms with Gasteiger partial charge in [-0.05, 0) is 19.1 Å². The Morgan fingerprint density at radius 2 is 1.86 bits per heavy atom. The molecule has 0 bridgehead atoms. The van der Waals surface area contributed by atoms with Gasteiger partial charge in [0.25, 0.3) is 0 Å². The lowest BCUT2D eigenvalue weighted by Gasteiger charge is -2.37. The number of rotatable bonds is 3. The largest absolute Gasteiger partial charge is 0.401 e. The highest BCUT2D eigenvalue weighted by Crippen LogP contribution is 2.30. The first-order valence-electron chi connectivity index (χ1n) is 6.78. The van der Waals surface area contributed by atoms with E-state index >= 15 is 0 Å². The SMILES string of the molecule is CC(O)c1ccc(Br)cc1N1CCN(CC(F)(F)F)CC1. The fraction of sp³-hybridized carbons (Fsp3) is 0.571. The monoisotopic (exact) mass is 366 g/mol. The van der Waals surface area contributed by atoms with Crippen LogP contribution in [0.4, 0.5) is 18.9 Å². The van der Waals surface area contributed by atoms with Crippen LogP contribution in [0.15, 0.2) is 22.7 Å². The molecule has 1 fully saturated rings. The molecule has 1 aliphatic heterocycles. The Morgan fingerprint density at radius 3 is 2.38 bits per heavy atom. The van der Waals surface area contributed by atoms with E-state index in [0.717, 1.165) is 15.7 Å². The molecule has 1 unspecified atom stereocenters. The minimum absolute atomic E-state index is 0.366. The van der Waals surface area contributed by atoms with E-state index in [9.17, 15) is 18.3 Å². The molecule has 0 aliphatic carbocycles. The highest BCUT2D eigenvalue weighted by molar-refractivity contribution is 9.10. The van der Waals surface area contributed by atoms with Crippen LogP contribution in [0.5, 0.6) is 0 Å². The fourth-order valence-corrected chi connectivity index (χ4v) is 2.89. The lowest BCUT2D eigenvalue weighted by Crippen LogP contribution is -2.49. The van der Waals surface area contributed by atoms with Crippen LogP contribution in [0.3, 0.4) is 0 Å². The number of aliphatic hydroxyl groups is 1. The van der Waals surface area contributed by atoms with Gasteiger partial charge in [-0.1, -0.05) is 22.0 Å². The molecule has 2 rings (SSSR count). The first kappa shape index (κ1) is 16.6. The summed E-state index contributed by atoms with van der Waals surface area (Å²) >= 11 is 3.40. The standard InChI is InChI=1S/C14H18BrF3N2O/c1-10(21)12-3-2-11(15)8-13(12)20-6-4-19(5-7-20)9-14(16,17)18/h2-3,8,10,21H,4-7,9H2,1H3. The van der Waals surface area contributed by atoms with Gasteiger partial charge in [0.1, 0.15) is 0 Å². The quantitative estimate of drug-likeness (QED) is 0.889. The van der Waals surface area contributed by atoms with E-state index in [1.807, 2.05) is 23.1 Å². The highest BCUT2D eigenvalue weighted by atomic mass is 79.9. The van der Waals surface area contributed by atoms with E-state index in [4.69, 9.17) is 0 Å². The molecule has 1 aliphatic rings.